The van der Waals surface area contributed by atoms with Crippen molar-refractivity contribution in [1.82, 2.24) is 10.6 Å². The average molecular weight is 377 g/mol. The summed E-state index contributed by atoms with van der Waals surface area (Å²) in [7, 11) is 0. The highest BCUT2D eigenvalue weighted by Gasteiger charge is 2.24. The highest BCUT2D eigenvalue weighted by atomic mass is 16.7. The van der Waals surface area contributed by atoms with Gasteiger partial charge in [-0.2, -0.15) is 0 Å². The minimum absolute atomic E-state index is 0.125. The van der Waals surface area contributed by atoms with Gasteiger partial charge in [-0.15, -0.1) is 0 Å². The van der Waals surface area contributed by atoms with E-state index < -0.39 is 31.1 Å². The lowest BCUT2D eigenvalue weighted by atomic mass is 10.1. The molecule has 0 spiro atoms. The molecule has 0 saturated heterocycles. The number of fused-ring (bicyclic) bond motifs is 1. The van der Waals surface area contributed by atoms with E-state index in [2.05, 4.69) is 15.8 Å². The van der Waals surface area contributed by atoms with Crippen LogP contribution in [0.25, 0.3) is 0 Å². The lowest BCUT2D eigenvalue weighted by Crippen LogP contribution is -2.42. The van der Waals surface area contributed by atoms with E-state index in [4.69, 9.17) is 19.0 Å². The number of oxime groups is 1. The lowest BCUT2D eigenvalue weighted by Gasteiger charge is -2.06. The molecule has 3 rings (SSSR count). The predicted octanol–water partition coefficient (Wildman–Crippen LogP) is 0.687. The van der Waals surface area contributed by atoms with Gasteiger partial charge in [-0.05, 0) is 38.0 Å². The van der Waals surface area contributed by atoms with Gasteiger partial charge in [0.1, 0.15) is 0 Å². The van der Waals surface area contributed by atoms with Crippen LogP contribution in [0.3, 0.4) is 0 Å². The normalized spacial score (nSPS) is 15.1. The number of rotatable bonds is 7. The molecule has 2 N–H and O–H groups in total. The van der Waals surface area contributed by atoms with Gasteiger partial charge in [0, 0.05) is 11.6 Å². The van der Waals surface area contributed by atoms with Crippen LogP contribution >= 0.6 is 0 Å². The second-order valence-corrected chi connectivity index (χ2v) is 5.97. The molecule has 1 aliphatic heterocycles. The van der Waals surface area contributed by atoms with Gasteiger partial charge in [-0.3, -0.25) is 10.1 Å². The molecule has 1 aromatic rings. The molecular formula is C17H19N3O7. The Labute approximate surface area is 154 Å². The predicted molar refractivity (Wildman–Crippen MR) is 91.4 cm³/mol. The van der Waals surface area contributed by atoms with Crippen LogP contribution in [-0.2, 0) is 19.2 Å². The summed E-state index contributed by atoms with van der Waals surface area (Å²) in [6, 6.07) is 4.81. The van der Waals surface area contributed by atoms with Crippen molar-refractivity contribution in [3.05, 3.63) is 23.8 Å². The molecular weight excluding hydrogens is 358 g/mol. The summed E-state index contributed by atoms with van der Waals surface area (Å²) in [4.78, 5) is 39.3. The zero-order valence-electron chi connectivity index (χ0n) is 14.6. The van der Waals surface area contributed by atoms with Crippen molar-refractivity contribution in [2.75, 3.05) is 20.0 Å². The van der Waals surface area contributed by atoms with Crippen LogP contribution in [0.1, 0.15) is 25.3 Å². The van der Waals surface area contributed by atoms with E-state index in [-0.39, 0.29) is 12.8 Å². The molecule has 0 aromatic heterocycles. The van der Waals surface area contributed by atoms with E-state index >= 15 is 0 Å². The van der Waals surface area contributed by atoms with Crippen LogP contribution in [0.2, 0.25) is 0 Å². The fourth-order valence-electron chi connectivity index (χ4n) is 2.16. The van der Waals surface area contributed by atoms with Crippen molar-refractivity contribution >= 4 is 23.6 Å². The third kappa shape index (κ3) is 5.59. The minimum Gasteiger partial charge on any atom is -0.454 e. The second kappa shape index (κ2) is 8.39. The van der Waals surface area contributed by atoms with Gasteiger partial charge in [-0.25, -0.2) is 9.59 Å². The highest BCUT2D eigenvalue weighted by molar-refractivity contribution is 5.99. The molecule has 10 nitrogen and oxygen atoms in total. The van der Waals surface area contributed by atoms with Crippen molar-refractivity contribution in [3.63, 3.8) is 0 Å². The molecule has 10 heteroatoms. The first-order valence-corrected chi connectivity index (χ1v) is 8.34. The molecule has 27 heavy (non-hydrogen) atoms. The van der Waals surface area contributed by atoms with Gasteiger partial charge < -0.3 is 24.4 Å². The number of nitrogens with one attached hydrogen (secondary N) is 2. The molecule has 1 heterocycles. The molecule has 3 amide bonds. The number of ether oxygens (including phenoxy) is 3. The maximum atomic E-state index is 11.6. The van der Waals surface area contributed by atoms with E-state index in [1.165, 1.54) is 0 Å². The number of esters is 1. The number of hydrogen-bond donors (Lipinski definition) is 2. The third-order valence-electron chi connectivity index (χ3n) is 3.70. The maximum Gasteiger partial charge on any atom is 0.347 e. The van der Waals surface area contributed by atoms with E-state index in [1.54, 1.807) is 25.1 Å². The van der Waals surface area contributed by atoms with Crippen molar-refractivity contribution in [2.45, 2.75) is 25.8 Å². The van der Waals surface area contributed by atoms with Crippen LogP contribution in [-0.4, -0.2) is 49.7 Å². The molecule has 1 aliphatic carbocycles. The van der Waals surface area contributed by atoms with Crippen LogP contribution in [0.5, 0.6) is 11.5 Å². The third-order valence-corrected chi connectivity index (χ3v) is 3.70. The second-order valence-electron chi connectivity index (χ2n) is 5.97. The van der Waals surface area contributed by atoms with E-state index in [0.29, 0.717) is 17.2 Å². The SMILES string of the molecule is C/C(=N/OCC(=O)OCC(=O)NC(=O)NC1CC1)c1ccc2c(c1)OCO2. The van der Waals surface area contributed by atoms with Crippen LogP contribution in [0, 0.1) is 0 Å². The van der Waals surface area contributed by atoms with Crippen LogP contribution in [0.4, 0.5) is 4.79 Å². The van der Waals surface area contributed by atoms with E-state index in [9.17, 15) is 14.4 Å². The smallest absolute Gasteiger partial charge is 0.347 e. The Kier molecular flexibility index (Phi) is 5.74. The Morgan fingerprint density at radius 1 is 1.19 bits per heavy atom. The number of imide groups is 1. The molecule has 0 atom stereocenters. The molecule has 2 aliphatic rings. The first-order valence-electron chi connectivity index (χ1n) is 8.34. The van der Waals surface area contributed by atoms with Crippen molar-refractivity contribution in [2.24, 2.45) is 5.16 Å². The molecule has 0 unspecified atom stereocenters. The van der Waals surface area contributed by atoms with Gasteiger partial charge in [0.15, 0.2) is 18.1 Å². The Morgan fingerprint density at radius 3 is 2.74 bits per heavy atom. The number of carbonyl (C=O) groups is 3. The number of nitrogens with zero attached hydrogens (tertiary/aromatic N) is 1. The summed E-state index contributed by atoms with van der Waals surface area (Å²) in [6.45, 7) is 0.830. The van der Waals surface area contributed by atoms with Gasteiger partial charge in [0.2, 0.25) is 13.4 Å². The number of urea groups is 1. The Bertz CT molecular complexity index is 774. The van der Waals surface area contributed by atoms with Crippen molar-refractivity contribution < 1.29 is 33.4 Å². The maximum absolute atomic E-state index is 11.6. The molecule has 0 bridgehead atoms. The molecule has 1 saturated carbocycles. The Hall–Kier alpha value is -3.30. The van der Waals surface area contributed by atoms with Crippen molar-refractivity contribution in [1.29, 1.82) is 0 Å². The van der Waals surface area contributed by atoms with E-state index in [1.807, 2.05) is 0 Å². The quantitative estimate of drug-likeness (QED) is 0.407. The van der Waals surface area contributed by atoms with Crippen LogP contribution < -0.4 is 20.1 Å². The van der Waals surface area contributed by atoms with Gasteiger partial charge in [0.05, 0.1) is 5.71 Å². The largest absolute Gasteiger partial charge is 0.454 e. The fraction of sp³-hybridized carbons (Fsp3) is 0.412. The van der Waals surface area contributed by atoms with Crippen LogP contribution in [0.15, 0.2) is 23.4 Å². The molecule has 144 valence electrons. The van der Waals surface area contributed by atoms with E-state index in [0.717, 1.165) is 18.4 Å². The molecule has 0 radical (unpaired) electrons. The summed E-state index contributed by atoms with van der Waals surface area (Å²) in [5.74, 6) is -0.241. The number of amides is 3. The van der Waals surface area contributed by atoms with Gasteiger partial charge >= 0.3 is 12.0 Å². The zero-order valence-corrected chi connectivity index (χ0v) is 14.6. The standard InChI is InChI=1S/C17H19N3O7/c1-10(11-2-5-13-14(6-11)26-9-25-13)20-27-8-16(22)24-7-15(21)19-17(23)18-12-3-4-12/h2,5-6,12H,3-4,7-9H2,1H3,(H2,18,19,21,23)/b20-10-. The molecule has 1 aromatic carbocycles. The number of hydrogen-bond acceptors (Lipinski definition) is 8. The number of carbonyl (C=O) groups excluding carboxylic acids is 3. The highest BCUT2D eigenvalue weighted by Crippen LogP contribution is 2.32. The summed E-state index contributed by atoms with van der Waals surface area (Å²) in [5, 5.41) is 8.48. The monoisotopic (exact) mass is 377 g/mol. The number of benzene rings is 1. The summed E-state index contributed by atoms with van der Waals surface area (Å²) < 4.78 is 15.2. The first kappa shape index (κ1) is 18.5. The lowest BCUT2D eigenvalue weighted by molar-refractivity contribution is -0.152. The van der Waals surface area contributed by atoms with Gasteiger partial charge in [-0.1, -0.05) is 5.16 Å². The average Bonchev–Trinajstić information content (AvgIpc) is 3.32. The zero-order chi connectivity index (χ0) is 19.2. The minimum atomic E-state index is -0.782. The van der Waals surface area contributed by atoms with Gasteiger partial charge in [0.25, 0.3) is 5.91 Å². The summed E-state index contributed by atoms with van der Waals surface area (Å²) >= 11 is 0. The topological polar surface area (TPSA) is 125 Å². The molecule has 1 fully saturated rings. The fourth-order valence-corrected chi connectivity index (χ4v) is 2.16. The Balaban J connectivity index is 1.36. The Morgan fingerprint density at radius 2 is 1.96 bits per heavy atom. The first-order chi connectivity index (χ1) is 13.0. The van der Waals surface area contributed by atoms with Crippen molar-refractivity contribution in [3.8, 4) is 11.5 Å². The summed E-state index contributed by atoms with van der Waals surface area (Å²) in [5.41, 5.74) is 1.27. The summed E-state index contributed by atoms with van der Waals surface area (Å²) in [6.07, 6.45) is 1.81.